The van der Waals surface area contributed by atoms with E-state index < -0.39 is 0 Å². The van der Waals surface area contributed by atoms with Gasteiger partial charge in [0.2, 0.25) is 0 Å². The predicted molar refractivity (Wildman–Crippen MR) is 45.8 cm³/mol. The first-order valence-corrected chi connectivity index (χ1v) is 4.37. The van der Waals surface area contributed by atoms with Crippen LogP contribution in [0.2, 0.25) is 0 Å². The van der Waals surface area contributed by atoms with Crippen molar-refractivity contribution in [2.75, 3.05) is 6.61 Å². The molecule has 0 aliphatic heterocycles. The number of ether oxygens (including phenoxy) is 1. The van der Waals surface area contributed by atoms with Crippen LogP contribution >= 0.6 is 0 Å². The maximum Gasteiger partial charge on any atom is 0.373 e. The van der Waals surface area contributed by atoms with Crippen molar-refractivity contribution in [1.29, 1.82) is 0 Å². The zero-order valence-corrected chi connectivity index (χ0v) is 8.17. The lowest BCUT2D eigenvalue weighted by atomic mass is 10.2. The van der Waals surface area contributed by atoms with Gasteiger partial charge in [-0.15, -0.1) is 0 Å². The van der Waals surface area contributed by atoms with E-state index in [1.165, 1.54) is 0 Å². The van der Waals surface area contributed by atoms with Crippen LogP contribution in [0.5, 0.6) is 0 Å². The number of carbonyl (C=O) groups is 1. The molecule has 0 atom stereocenters. The molecule has 0 radical (unpaired) electrons. The topological polar surface area (TPSA) is 60.4 Å². The van der Waals surface area contributed by atoms with Crippen molar-refractivity contribution in [2.45, 2.75) is 39.5 Å². The third kappa shape index (κ3) is 18.1. The Hall–Kier alpha value is -1.15. The number of rotatable bonds is 5. The third-order valence-corrected chi connectivity index (χ3v) is 1.29. The van der Waals surface area contributed by atoms with Gasteiger partial charge in [0.25, 0.3) is 0 Å². The molecule has 0 N–H and O–H groups in total. The van der Waals surface area contributed by atoms with Crippen LogP contribution < -0.4 is 0 Å². The number of hydrogen-bond acceptors (Lipinski definition) is 4. The SMILES string of the molecule is CCCCCC(=O)OCC.O=C=O. The van der Waals surface area contributed by atoms with E-state index in [9.17, 15) is 4.79 Å². The van der Waals surface area contributed by atoms with Crippen LogP contribution in [0.25, 0.3) is 0 Å². The van der Waals surface area contributed by atoms with E-state index in [0.717, 1.165) is 19.3 Å². The van der Waals surface area contributed by atoms with Gasteiger partial charge in [-0.2, -0.15) is 9.59 Å². The first-order valence-electron chi connectivity index (χ1n) is 4.37. The molecular weight excluding hydrogens is 172 g/mol. The minimum Gasteiger partial charge on any atom is -0.466 e. The first kappa shape index (κ1) is 14.4. The van der Waals surface area contributed by atoms with E-state index >= 15 is 0 Å². The van der Waals surface area contributed by atoms with Crippen molar-refractivity contribution in [3.05, 3.63) is 0 Å². The maximum absolute atomic E-state index is 10.7. The molecule has 0 saturated heterocycles. The first-order chi connectivity index (χ1) is 6.22. The van der Waals surface area contributed by atoms with Gasteiger partial charge in [-0.1, -0.05) is 19.8 Å². The Balaban J connectivity index is 0. The monoisotopic (exact) mass is 188 g/mol. The summed E-state index contributed by atoms with van der Waals surface area (Å²) in [4.78, 5) is 26.9. The molecule has 0 aliphatic rings. The lowest BCUT2D eigenvalue weighted by molar-refractivity contribution is -0.191. The average molecular weight is 188 g/mol. The smallest absolute Gasteiger partial charge is 0.373 e. The minimum atomic E-state index is -0.0593. The molecule has 76 valence electrons. The number of hydrogen-bond donors (Lipinski definition) is 0. The molecule has 0 aromatic carbocycles. The van der Waals surface area contributed by atoms with Gasteiger partial charge in [-0.25, -0.2) is 0 Å². The minimum absolute atomic E-state index is 0.0593. The average Bonchev–Trinajstić information content (AvgIpc) is 2.07. The summed E-state index contributed by atoms with van der Waals surface area (Å²) in [5.74, 6) is -0.0593. The van der Waals surface area contributed by atoms with E-state index in [0.29, 0.717) is 13.0 Å². The number of esters is 1. The molecule has 4 heteroatoms. The molecular formula is C9H16O4. The van der Waals surface area contributed by atoms with E-state index in [2.05, 4.69) is 6.92 Å². The van der Waals surface area contributed by atoms with Crippen LogP contribution in [0.3, 0.4) is 0 Å². The van der Waals surface area contributed by atoms with Crippen LogP contribution in [0.1, 0.15) is 39.5 Å². The van der Waals surface area contributed by atoms with Gasteiger partial charge >= 0.3 is 12.1 Å². The second-order valence-electron chi connectivity index (χ2n) is 2.35. The van der Waals surface area contributed by atoms with Crippen LogP contribution in [0.4, 0.5) is 0 Å². The summed E-state index contributed by atoms with van der Waals surface area (Å²) >= 11 is 0. The second kappa shape index (κ2) is 13.4. The molecule has 0 fully saturated rings. The molecule has 0 unspecified atom stereocenters. The van der Waals surface area contributed by atoms with Gasteiger partial charge in [0.15, 0.2) is 0 Å². The summed E-state index contributed by atoms with van der Waals surface area (Å²) in [6.07, 6.45) is 4.08. The summed E-state index contributed by atoms with van der Waals surface area (Å²) in [7, 11) is 0. The fraction of sp³-hybridized carbons (Fsp3) is 0.778. The Morgan fingerprint density at radius 1 is 1.23 bits per heavy atom. The molecule has 0 aromatic heterocycles. The van der Waals surface area contributed by atoms with Crippen molar-refractivity contribution >= 4 is 12.1 Å². The van der Waals surface area contributed by atoms with Crippen LogP contribution in [-0.2, 0) is 19.1 Å². The van der Waals surface area contributed by atoms with E-state index in [1.807, 2.05) is 6.92 Å². The van der Waals surface area contributed by atoms with E-state index in [4.69, 9.17) is 14.3 Å². The highest BCUT2D eigenvalue weighted by Crippen LogP contribution is 1.99. The fourth-order valence-corrected chi connectivity index (χ4v) is 0.752. The summed E-state index contributed by atoms with van der Waals surface area (Å²) in [5, 5.41) is 0. The predicted octanol–water partition coefficient (Wildman–Crippen LogP) is 1.55. The number of unbranched alkanes of at least 4 members (excludes halogenated alkanes) is 2. The van der Waals surface area contributed by atoms with Gasteiger partial charge in [0.1, 0.15) is 0 Å². The standard InChI is InChI=1S/C8H16O2.CO2/c1-3-5-6-7-8(9)10-4-2;2-1-3/h3-7H2,1-2H3;. The second-order valence-corrected chi connectivity index (χ2v) is 2.35. The molecule has 0 aliphatic carbocycles. The Morgan fingerprint density at radius 3 is 2.15 bits per heavy atom. The summed E-state index contributed by atoms with van der Waals surface area (Å²) in [6, 6.07) is 0. The van der Waals surface area contributed by atoms with Crippen molar-refractivity contribution in [2.24, 2.45) is 0 Å². The lowest BCUT2D eigenvalue weighted by Gasteiger charge is -1.99. The molecule has 0 amide bonds. The largest absolute Gasteiger partial charge is 0.466 e. The highest BCUT2D eigenvalue weighted by Gasteiger charge is 1.98. The Bertz CT molecular complexity index is 148. The highest BCUT2D eigenvalue weighted by molar-refractivity contribution is 5.69. The summed E-state index contributed by atoms with van der Waals surface area (Å²) < 4.78 is 4.75. The lowest BCUT2D eigenvalue weighted by Crippen LogP contribution is -2.02. The van der Waals surface area contributed by atoms with Crippen LogP contribution in [-0.4, -0.2) is 18.7 Å². The van der Waals surface area contributed by atoms with E-state index in [1.54, 1.807) is 0 Å². The molecule has 4 nitrogen and oxygen atoms in total. The van der Waals surface area contributed by atoms with Crippen molar-refractivity contribution in [1.82, 2.24) is 0 Å². The van der Waals surface area contributed by atoms with Crippen molar-refractivity contribution in [3.8, 4) is 0 Å². The van der Waals surface area contributed by atoms with Gasteiger partial charge in [-0.3, -0.25) is 4.79 Å². The zero-order chi connectivity index (χ0) is 10.5. The number of carbonyl (C=O) groups excluding carboxylic acids is 3. The van der Waals surface area contributed by atoms with Gasteiger partial charge in [0.05, 0.1) is 6.61 Å². The quantitative estimate of drug-likeness (QED) is 0.485. The normalized spacial score (nSPS) is 7.85. The Labute approximate surface area is 78.3 Å². The molecule has 0 spiro atoms. The van der Waals surface area contributed by atoms with Gasteiger partial charge in [-0.05, 0) is 13.3 Å². The van der Waals surface area contributed by atoms with Crippen molar-refractivity contribution < 1.29 is 19.1 Å². The third-order valence-electron chi connectivity index (χ3n) is 1.29. The van der Waals surface area contributed by atoms with E-state index in [-0.39, 0.29) is 12.1 Å². The zero-order valence-electron chi connectivity index (χ0n) is 8.17. The molecule has 0 bridgehead atoms. The maximum atomic E-state index is 10.7. The van der Waals surface area contributed by atoms with Crippen molar-refractivity contribution in [3.63, 3.8) is 0 Å². The van der Waals surface area contributed by atoms with Crippen LogP contribution in [0, 0.1) is 0 Å². The fourth-order valence-electron chi connectivity index (χ4n) is 0.752. The molecule has 0 saturated carbocycles. The highest BCUT2D eigenvalue weighted by atomic mass is 16.5. The summed E-state index contributed by atoms with van der Waals surface area (Å²) in [5.41, 5.74) is 0. The molecule has 0 aromatic rings. The Morgan fingerprint density at radius 2 is 1.77 bits per heavy atom. The van der Waals surface area contributed by atoms with Crippen LogP contribution in [0.15, 0.2) is 0 Å². The molecule has 13 heavy (non-hydrogen) atoms. The van der Waals surface area contributed by atoms with Gasteiger partial charge in [0, 0.05) is 6.42 Å². The Kier molecular flexibility index (Phi) is 14.9. The van der Waals surface area contributed by atoms with Gasteiger partial charge < -0.3 is 4.74 Å². The molecule has 0 rings (SSSR count). The summed E-state index contributed by atoms with van der Waals surface area (Å²) in [6.45, 7) is 4.45. The molecule has 0 heterocycles.